The topological polar surface area (TPSA) is 44.8 Å². The number of amides is 1. The van der Waals surface area contributed by atoms with Crippen molar-refractivity contribution in [3.8, 4) is 5.75 Å². The van der Waals surface area contributed by atoms with E-state index < -0.39 is 0 Å². The van der Waals surface area contributed by atoms with Gasteiger partial charge in [0.15, 0.2) is 0 Å². The van der Waals surface area contributed by atoms with Crippen molar-refractivity contribution in [1.29, 1.82) is 0 Å². The Kier molecular flexibility index (Phi) is 13.8. The first-order valence-corrected chi connectivity index (χ1v) is 9.52. The minimum absolute atomic E-state index is 0.0890. The van der Waals surface area contributed by atoms with Gasteiger partial charge in [0.25, 0.3) is 0 Å². The van der Waals surface area contributed by atoms with Crippen LogP contribution < -0.4 is 10.1 Å². The molecular weight excluding hydrogens is 314 g/mol. The zero-order chi connectivity index (χ0) is 19.1. The Morgan fingerprint density at radius 3 is 2.04 bits per heavy atom. The van der Waals surface area contributed by atoms with E-state index in [-0.39, 0.29) is 5.91 Å². The quantitative estimate of drug-likeness (QED) is 0.856. The lowest BCUT2D eigenvalue weighted by molar-refractivity contribution is -0.122. The van der Waals surface area contributed by atoms with E-state index in [9.17, 15) is 4.79 Å². The van der Waals surface area contributed by atoms with Crippen LogP contribution in [0.15, 0.2) is 24.3 Å². The number of nitrogens with zero attached hydrogens (tertiary/aromatic N) is 2. The maximum absolute atomic E-state index is 11.3. The van der Waals surface area contributed by atoms with Crippen molar-refractivity contribution in [3.63, 3.8) is 0 Å². The van der Waals surface area contributed by atoms with E-state index >= 15 is 0 Å². The Hall–Kier alpha value is -1.59. The van der Waals surface area contributed by atoms with Crippen LogP contribution in [0.3, 0.4) is 0 Å². The molecule has 1 amide bonds. The summed E-state index contributed by atoms with van der Waals surface area (Å²) in [7, 11) is 1.68. The average Bonchev–Trinajstić information content (AvgIpc) is 2.68. The molecule has 1 heterocycles. The van der Waals surface area contributed by atoms with E-state index in [0.29, 0.717) is 13.2 Å². The second kappa shape index (κ2) is 14.7. The summed E-state index contributed by atoms with van der Waals surface area (Å²) in [5.41, 5.74) is 1.24. The molecule has 0 spiro atoms. The zero-order valence-electron chi connectivity index (χ0n) is 17.0. The predicted octanol–water partition coefficient (Wildman–Crippen LogP) is 2.79. The molecular formula is C20H37N3O2. The first kappa shape index (κ1) is 23.4. The minimum Gasteiger partial charge on any atom is -0.492 e. The number of hydrogen-bond donors (Lipinski definition) is 1. The van der Waals surface area contributed by atoms with Gasteiger partial charge in [-0.25, -0.2) is 0 Å². The zero-order valence-corrected chi connectivity index (χ0v) is 17.0. The molecule has 1 N–H and O–H groups in total. The van der Waals surface area contributed by atoms with Gasteiger partial charge in [0.2, 0.25) is 5.91 Å². The monoisotopic (exact) mass is 351 g/mol. The van der Waals surface area contributed by atoms with Gasteiger partial charge in [-0.2, -0.15) is 0 Å². The summed E-state index contributed by atoms with van der Waals surface area (Å²) in [6.45, 7) is 16.1. The number of rotatable bonds is 6. The molecule has 1 aliphatic heterocycles. The van der Waals surface area contributed by atoms with E-state index in [1.54, 1.807) is 7.05 Å². The molecule has 0 aromatic heterocycles. The maximum Gasteiger partial charge on any atom is 0.233 e. The molecule has 1 aliphatic rings. The fourth-order valence-corrected chi connectivity index (χ4v) is 2.38. The number of piperazine rings is 1. The molecule has 144 valence electrons. The summed E-state index contributed by atoms with van der Waals surface area (Å²) in [5.74, 6) is 1.02. The molecule has 0 aliphatic carbocycles. The number of ether oxygens (including phenoxy) is 1. The fourth-order valence-electron chi connectivity index (χ4n) is 2.38. The van der Waals surface area contributed by atoms with Gasteiger partial charge in [0, 0.05) is 39.8 Å². The molecule has 1 aromatic carbocycles. The van der Waals surface area contributed by atoms with Crippen molar-refractivity contribution in [3.05, 3.63) is 29.8 Å². The number of nitrogens with one attached hydrogen (secondary N) is 1. The molecule has 0 radical (unpaired) electrons. The smallest absolute Gasteiger partial charge is 0.233 e. The van der Waals surface area contributed by atoms with Crippen LogP contribution in [0.25, 0.3) is 0 Å². The van der Waals surface area contributed by atoms with E-state index in [1.165, 1.54) is 5.56 Å². The van der Waals surface area contributed by atoms with Crippen molar-refractivity contribution in [2.45, 2.75) is 34.6 Å². The van der Waals surface area contributed by atoms with Gasteiger partial charge in [-0.05, 0) is 19.1 Å². The highest BCUT2D eigenvalue weighted by Gasteiger charge is 2.18. The van der Waals surface area contributed by atoms with Crippen LogP contribution in [0.2, 0.25) is 0 Å². The Morgan fingerprint density at radius 1 is 1.00 bits per heavy atom. The van der Waals surface area contributed by atoms with Crippen LogP contribution in [-0.2, 0) is 4.79 Å². The van der Waals surface area contributed by atoms with Gasteiger partial charge < -0.3 is 10.1 Å². The van der Waals surface area contributed by atoms with Gasteiger partial charge >= 0.3 is 0 Å². The van der Waals surface area contributed by atoms with Gasteiger partial charge in [-0.15, -0.1) is 0 Å². The van der Waals surface area contributed by atoms with Gasteiger partial charge in [0.1, 0.15) is 12.4 Å². The summed E-state index contributed by atoms with van der Waals surface area (Å²) >= 11 is 0. The molecule has 1 fully saturated rings. The van der Waals surface area contributed by atoms with E-state index in [1.807, 2.05) is 39.8 Å². The van der Waals surface area contributed by atoms with Crippen molar-refractivity contribution >= 4 is 5.91 Å². The third-order valence-electron chi connectivity index (χ3n) is 3.81. The minimum atomic E-state index is 0.0890. The third kappa shape index (κ3) is 10.1. The number of carbonyl (C=O) groups excluding carboxylic acids is 1. The Labute approximate surface area is 154 Å². The first-order chi connectivity index (χ1) is 12.2. The van der Waals surface area contributed by atoms with Crippen molar-refractivity contribution in [2.24, 2.45) is 0 Å². The Morgan fingerprint density at radius 2 is 1.52 bits per heavy atom. The molecule has 0 atom stereocenters. The molecule has 0 unspecified atom stereocenters. The largest absolute Gasteiger partial charge is 0.492 e. The first-order valence-electron chi connectivity index (χ1n) is 9.52. The van der Waals surface area contributed by atoms with Gasteiger partial charge in [0.05, 0.1) is 6.54 Å². The second-order valence-corrected chi connectivity index (χ2v) is 5.45. The normalized spacial score (nSPS) is 14.5. The van der Waals surface area contributed by atoms with Crippen LogP contribution in [-0.4, -0.2) is 68.6 Å². The summed E-state index contributed by atoms with van der Waals surface area (Å²) in [6, 6.07) is 8.15. The lowest BCUT2D eigenvalue weighted by Crippen LogP contribution is -2.49. The summed E-state index contributed by atoms with van der Waals surface area (Å²) in [4.78, 5) is 15.9. The van der Waals surface area contributed by atoms with E-state index in [2.05, 4.69) is 34.2 Å². The van der Waals surface area contributed by atoms with E-state index in [0.717, 1.165) is 38.5 Å². The number of hydrogen-bond acceptors (Lipinski definition) is 4. The van der Waals surface area contributed by atoms with Crippen LogP contribution >= 0.6 is 0 Å². The molecule has 1 saturated heterocycles. The van der Waals surface area contributed by atoms with Gasteiger partial charge in [-0.3, -0.25) is 14.6 Å². The molecule has 5 heteroatoms. The Bertz CT molecular complexity index is 441. The molecule has 0 bridgehead atoms. The highest BCUT2D eigenvalue weighted by molar-refractivity contribution is 5.77. The summed E-state index contributed by atoms with van der Waals surface area (Å²) < 4.78 is 5.75. The molecule has 1 aromatic rings. The predicted molar refractivity (Wildman–Crippen MR) is 106 cm³/mol. The lowest BCUT2D eigenvalue weighted by Gasteiger charge is -2.34. The fraction of sp³-hybridized carbons (Fsp3) is 0.650. The number of benzene rings is 1. The van der Waals surface area contributed by atoms with Crippen LogP contribution in [0.1, 0.15) is 33.3 Å². The van der Waals surface area contributed by atoms with Gasteiger partial charge in [-0.1, -0.05) is 45.4 Å². The number of carbonyl (C=O) groups is 1. The van der Waals surface area contributed by atoms with Crippen molar-refractivity contribution in [2.75, 3.05) is 52.9 Å². The Balaban J connectivity index is 0.00000134. The van der Waals surface area contributed by atoms with Crippen molar-refractivity contribution in [1.82, 2.24) is 15.1 Å². The van der Waals surface area contributed by atoms with Crippen molar-refractivity contribution < 1.29 is 9.53 Å². The highest BCUT2D eigenvalue weighted by Crippen LogP contribution is 2.11. The molecule has 0 saturated carbocycles. The molecule has 2 rings (SSSR count). The number of likely N-dealkylation sites (N-methyl/N-ethyl adjacent to an activating group) is 1. The summed E-state index contributed by atoms with van der Waals surface area (Å²) in [6.07, 6.45) is 0. The van der Waals surface area contributed by atoms with Crippen LogP contribution in [0.4, 0.5) is 0 Å². The maximum atomic E-state index is 11.3. The standard InChI is InChI=1S/C16H25N3O2.2C2H6/c1-14-3-5-15(6-4-14)21-12-11-18-7-9-19(10-8-18)13-16(20)17-2;2*1-2/h3-6H,7-13H2,1-2H3,(H,17,20);2*1-2H3. The lowest BCUT2D eigenvalue weighted by atomic mass is 10.2. The van der Waals surface area contributed by atoms with Crippen LogP contribution in [0.5, 0.6) is 5.75 Å². The van der Waals surface area contributed by atoms with Crippen LogP contribution in [0, 0.1) is 6.92 Å². The number of aryl methyl sites for hydroxylation is 1. The molecule has 5 nitrogen and oxygen atoms in total. The third-order valence-corrected chi connectivity index (χ3v) is 3.81. The SMILES string of the molecule is CC.CC.CNC(=O)CN1CCN(CCOc2ccc(C)cc2)CC1. The molecule has 25 heavy (non-hydrogen) atoms. The highest BCUT2D eigenvalue weighted by atomic mass is 16.5. The van der Waals surface area contributed by atoms with E-state index in [4.69, 9.17) is 4.74 Å². The average molecular weight is 352 g/mol. The summed E-state index contributed by atoms with van der Waals surface area (Å²) in [5, 5.41) is 2.67. The second-order valence-electron chi connectivity index (χ2n) is 5.45.